The number of hydrogen-bond donors (Lipinski definition) is 1. The molecule has 2 aromatic heterocycles. The van der Waals surface area contributed by atoms with Gasteiger partial charge in [-0.2, -0.15) is 10.2 Å². The summed E-state index contributed by atoms with van der Waals surface area (Å²) in [5.41, 5.74) is 3.05. The molecular formula is C15H24N4O. The van der Waals surface area contributed by atoms with Gasteiger partial charge in [0.2, 0.25) is 0 Å². The maximum absolute atomic E-state index is 10.5. The highest BCUT2D eigenvalue weighted by Gasteiger charge is 2.16. The minimum atomic E-state index is -0.532. The van der Waals surface area contributed by atoms with Gasteiger partial charge in [0.15, 0.2) is 0 Å². The summed E-state index contributed by atoms with van der Waals surface area (Å²) in [5, 5.41) is 19.3. The molecule has 0 saturated heterocycles. The molecular weight excluding hydrogens is 252 g/mol. The van der Waals surface area contributed by atoms with Gasteiger partial charge in [0.05, 0.1) is 11.4 Å². The molecule has 1 unspecified atom stereocenters. The molecule has 20 heavy (non-hydrogen) atoms. The summed E-state index contributed by atoms with van der Waals surface area (Å²) in [5.74, 6) is 0. The number of rotatable bonds is 7. The first kappa shape index (κ1) is 14.8. The van der Waals surface area contributed by atoms with Crippen LogP contribution in [0.5, 0.6) is 0 Å². The van der Waals surface area contributed by atoms with Crippen LogP contribution in [0.3, 0.4) is 0 Å². The average molecular weight is 276 g/mol. The quantitative estimate of drug-likeness (QED) is 0.844. The second kappa shape index (κ2) is 6.70. The summed E-state index contributed by atoms with van der Waals surface area (Å²) in [6.07, 6.45) is 3.73. The highest BCUT2D eigenvalue weighted by atomic mass is 16.3. The third-order valence-electron chi connectivity index (χ3n) is 3.50. The van der Waals surface area contributed by atoms with E-state index in [1.807, 2.05) is 15.4 Å². The molecule has 0 aliphatic heterocycles. The van der Waals surface area contributed by atoms with Crippen LogP contribution in [0.4, 0.5) is 0 Å². The molecule has 1 atom stereocenters. The third kappa shape index (κ3) is 3.10. The maximum atomic E-state index is 10.5. The number of aryl methyl sites for hydroxylation is 3. The lowest BCUT2D eigenvalue weighted by molar-refractivity contribution is 0.163. The second-order valence-corrected chi connectivity index (χ2v) is 5.00. The van der Waals surface area contributed by atoms with Gasteiger partial charge >= 0.3 is 0 Å². The molecule has 0 saturated carbocycles. The lowest BCUT2D eigenvalue weighted by Gasteiger charge is -2.13. The van der Waals surface area contributed by atoms with Crippen molar-refractivity contribution in [3.8, 4) is 0 Å². The van der Waals surface area contributed by atoms with Crippen LogP contribution in [0, 0.1) is 0 Å². The standard InChI is InChI=1S/C15H24N4O/c1-4-9-19-14(7-8-16-19)15(20)11-13-10-12(5-2)17-18(13)6-3/h7-8,10,15,20H,4-6,9,11H2,1-3H3. The van der Waals surface area contributed by atoms with Crippen molar-refractivity contribution in [1.82, 2.24) is 19.6 Å². The Bertz CT molecular complexity index is 544. The van der Waals surface area contributed by atoms with Gasteiger partial charge in [-0.25, -0.2) is 0 Å². The van der Waals surface area contributed by atoms with Crippen LogP contribution < -0.4 is 0 Å². The van der Waals surface area contributed by atoms with Crippen LogP contribution in [-0.4, -0.2) is 24.7 Å². The monoisotopic (exact) mass is 276 g/mol. The molecule has 5 nitrogen and oxygen atoms in total. The first-order valence-corrected chi connectivity index (χ1v) is 7.44. The Labute approximate surface area is 120 Å². The Morgan fingerprint density at radius 1 is 1.25 bits per heavy atom. The molecule has 0 spiro atoms. The first-order chi connectivity index (χ1) is 9.69. The van der Waals surface area contributed by atoms with E-state index in [0.717, 1.165) is 43.0 Å². The highest BCUT2D eigenvalue weighted by molar-refractivity contribution is 5.15. The Morgan fingerprint density at radius 2 is 2.05 bits per heavy atom. The second-order valence-electron chi connectivity index (χ2n) is 5.00. The largest absolute Gasteiger partial charge is 0.386 e. The smallest absolute Gasteiger partial charge is 0.101 e. The fraction of sp³-hybridized carbons (Fsp3) is 0.600. The topological polar surface area (TPSA) is 55.9 Å². The molecule has 0 radical (unpaired) electrons. The van der Waals surface area contributed by atoms with Crippen molar-refractivity contribution >= 4 is 0 Å². The SMILES string of the molecule is CCCn1nccc1C(O)Cc1cc(CC)nn1CC. The van der Waals surface area contributed by atoms with Crippen molar-refractivity contribution in [3.05, 3.63) is 35.4 Å². The van der Waals surface area contributed by atoms with E-state index in [0.29, 0.717) is 6.42 Å². The number of nitrogens with zero attached hydrogens (tertiary/aromatic N) is 4. The van der Waals surface area contributed by atoms with Crippen molar-refractivity contribution in [2.75, 3.05) is 0 Å². The zero-order valence-electron chi connectivity index (χ0n) is 12.6. The fourth-order valence-corrected chi connectivity index (χ4v) is 2.45. The molecule has 2 aromatic rings. The Balaban J connectivity index is 2.16. The van der Waals surface area contributed by atoms with E-state index in [9.17, 15) is 5.11 Å². The van der Waals surface area contributed by atoms with Crippen molar-refractivity contribution < 1.29 is 5.11 Å². The van der Waals surface area contributed by atoms with Crippen molar-refractivity contribution in [2.24, 2.45) is 0 Å². The summed E-state index contributed by atoms with van der Waals surface area (Å²) in [6, 6.07) is 3.99. The summed E-state index contributed by atoms with van der Waals surface area (Å²) in [4.78, 5) is 0. The zero-order chi connectivity index (χ0) is 14.5. The normalized spacial score (nSPS) is 12.8. The van der Waals surface area contributed by atoms with Crippen LogP contribution >= 0.6 is 0 Å². The van der Waals surface area contributed by atoms with E-state index >= 15 is 0 Å². The summed E-state index contributed by atoms with van der Waals surface area (Å²) in [7, 11) is 0. The van der Waals surface area contributed by atoms with Crippen molar-refractivity contribution in [3.63, 3.8) is 0 Å². The molecule has 2 heterocycles. The molecule has 2 rings (SSSR count). The van der Waals surface area contributed by atoms with Gasteiger partial charge in [-0.1, -0.05) is 13.8 Å². The van der Waals surface area contributed by atoms with E-state index in [4.69, 9.17) is 0 Å². The first-order valence-electron chi connectivity index (χ1n) is 7.44. The van der Waals surface area contributed by atoms with Gasteiger partial charge in [-0.3, -0.25) is 9.36 Å². The predicted molar refractivity (Wildman–Crippen MR) is 78.5 cm³/mol. The van der Waals surface area contributed by atoms with E-state index in [-0.39, 0.29) is 0 Å². The van der Waals surface area contributed by atoms with E-state index in [1.165, 1.54) is 0 Å². The molecule has 0 bridgehead atoms. The Hall–Kier alpha value is -1.62. The molecule has 0 aliphatic rings. The number of aliphatic hydroxyl groups is 1. The van der Waals surface area contributed by atoms with E-state index in [1.54, 1.807) is 6.20 Å². The third-order valence-corrected chi connectivity index (χ3v) is 3.50. The van der Waals surface area contributed by atoms with E-state index in [2.05, 4.69) is 37.0 Å². The average Bonchev–Trinajstić information content (AvgIpc) is 3.05. The molecule has 0 aromatic carbocycles. The van der Waals surface area contributed by atoms with Gasteiger partial charge < -0.3 is 5.11 Å². The Kier molecular flexibility index (Phi) is 4.95. The maximum Gasteiger partial charge on any atom is 0.101 e. The van der Waals surface area contributed by atoms with Gasteiger partial charge in [0.1, 0.15) is 6.10 Å². The van der Waals surface area contributed by atoms with Crippen LogP contribution in [0.1, 0.15) is 50.4 Å². The summed E-state index contributed by atoms with van der Waals surface area (Å²) < 4.78 is 3.86. The van der Waals surface area contributed by atoms with Crippen molar-refractivity contribution in [2.45, 2.75) is 59.2 Å². The Morgan fingerprint density at radius 3 is 2.70 bits per heavy atom. The minimum Gasteiger partial charge on any atom is -0.386 e. The number of aromatic nitrogens is 4. The van der Waals surface area contributed by atoms with Gasteiger partial charge in [0, 0.05) is 31.4 Å². The van der Waals surface area contributed by atoms with Gasteiger partial charge in [-0.05, 0) is 31.9 Å². The van der Waals surface area contributed by atoms with Gasteiger partial charge in [0.25, 0.3) is 0 Å². The van der Waals surface area contributed by atoms with E-state index < -0.39 is 6.10 Å². The van der Waals surface area contributed by atoms with Crippen LogP contribution in [0.15, 0.2) is 18.3 Å². The minimum absolute atomic E-state index is 0.532. The lowest BCUT2D eigenvalue weighted by atomic mass is 10.1. The molecule has 1 N–H and O–H groups in total. The fourth-order valence-electron chi connectivity index (χ4n) is 2.45. The molecule has 110 valence electrons. The molecule has 0 fully saturated rings. The summed E-state index contributed by atoms with van der Waals surface area (Å²) in [6.45, 7) is 7.95. The number of hydrogen-bond acceptors (Lipinski definition) is 3. The molecule has 0 amide bonds. The van der Waals surface area contributed by atoms with Crippen LogP contribution in [-0.2, 0) is 25.9 Å². The summed E-state index contributed by atoms with van der Waals surface area (Å²) >= 11 is 0. The van der Waals surface area contributed by atoms with Crippen LogP contribution in [0.25, 0.3) is 0 Å². The van der Waals surface area contributed by atoms with Crippen molar-refractivity contribution in [1.29, 1.82) is 0 Å². The molecule has 0 aliphatic carbocycles. The molecule has 5 heteroatoms. The van der Waals surface area contributed by atoms with Crippen LogP contribution in [0.2, 0.25) is 0 Å². The zero-order valence-corrected chi connectivity index (χ0v) is 12.6. The highest BCUT2D eigenvalue weighted by Crippen LogP contribution is 2.19. The lowest BCUT2D eigenvalue weighted by Crippen LogP contribution is -2.13. The van der Waals surface area contributed by atoms with Gasteiger partial charge in [-0.15, -0.1) is 0 Å². The number of aliphatic hydroxyl groups excluding tert-OH is 1. The predicted octanol–water partition coefficient (Wildman–Crippen LogP) is 2.35.